The topological polar surface area (TPSA) is 85.4 Å². The fourth-order valence-corrected chi connectivity index (χ4v) is 4.10. The number of ether oxygens (including phenoxy) is 1. The molecule has 1 N–H and O–H groups in total. The third-order valence-corrected chi connectivity index (χ3v) is 5.83. The Bertz CT molecular complexity index is 1030. The number of nitrogens with zero attached hydrogens (tertiary/aromatic N) is 4. The molecule has 1 atom stereocenters. The van der Waals surface area contributed by atoms with Crippen LogP contribution in [0.25, 0.3) is 0 Å². The molecule has 8 heteroatoms. The van der Waals surface area contributed by atoms with Gasteiger partial charge in [-0.15, -0.1) is 10.2 Å². The smallest absolute Gasteiger partial charge is 0.255 e. The number of benzene rings is 1. The summed E-state index contributed by atoms with van der Waals surface area (Å²) in [4.78, 5) is 15.1. The Morgan fingerprint density at radius 2 is 2.03 bits per heavy atom. The van der Waals surface area contributed by atoms with Crippen LogP contribution in [0.3, 0.4) is 0 Å². The summed E-state index contributed by atoms with van der Waals surface area (Å²) >= 11 is 0. The highest BCUT2D eigenvalue weighted by Crippen LogP contribution is 2.25. The van der Waals surface area contributed by atoms with E-state index in [1.165, 1.54) is 18.1 Å². The molecule has 8 nitrogen and oxygen atoms in total. The third-order valence-electron chi connectivity index (χ3n) is 5.83. The van der Waals surface area contributed by atoms with E-state index in [0.29, 0.717) is 12.2 Å². The van der Waals surface area contributed by atoms with Crippen LogP contribution >= 0.6 is 0 Å². The number of para-hydroxylation sites is 1. The molecule has 1 aliphatic heterocycles. The SMILES string of the molecule is CCOc1ccccc1CN1CCc2nnc(C(NC(=O)c3ccoc3)C(C)C)n2CC1. The average Bonchev–Trinajstić information content (AvgIpc) is 3.41. The summed E-state index contributed by atoms with van der Waals surface area (Å²) in [6.07, 6.45) is 3.76. The van der Waals surface area contributed by atoms with Crippen molar-refractivity contribution >= 4 is 5.91 Å². The molecule has 2 aromatic heterocycles. The van der Waals surface area contributed by atoms with Gasteiger partial charge in [0, 0.05) is 38.2 Å². The molecular formula is C24H31N5O3. The molecule has 0 saturated carbocycles. The molecule has 1 aromatic carbocycles. The zero-order valence-corrected chi connectivity index (χ0v) is 19.0. The van der Waals surface area contributed by atoms with E-state index >= 15 is 0 Å². The molecule has 0 bridgehead atoms. The van der Waals surface area contributed by atoms with Crippen molar-refractivity contribution in [3.8, 4) is 5.75 Å². The second kappa shape index (κ2) is 9.99. The van der Waals surface area contributed by atoms with Gasteiger partial charge in [-0.1, -0.05) is 32.0 Å². The first-order chi connectivity index (χ1) is 15.6. The lowest BCUT2D eigenvalue weighted by molar-refractivity contribution is 0.0921. The molecule has 32 heavy (non-hydrogen) atoms. The van der Waals surface area contributed by atoms with Crippen LogP contribution in [0.2, 0.25) is 0 Å². The number of aromatic nitrogens is 3. The molecule has 0 fully saturated rings. The molecule has 1 unspecified atom stereocenters. The third kappa shape index (κ3) is 4.85. The number of amides is 1. The van der Waals surface area contributed by atoms with Gasteiger partial charge in [0.2, 0.25) is 0 Å². The molecule has 3 aromatic rings. The van der Waals surface area contributed by atoms with Gasteiger partial charge in [-0.2, -0.15) is 0 Å². The predicted octanol–water partition coefficient (Wildman–Crippen LogP) is 3.46. The molecule has 4 rings (SSSR count). The molecule has 0 radical (unpaired) electrons. The highest BCUT2D eigenvalue weighted by Gasteiger charge is 2.28. The molecule has 1 amide bonds. The van der Waals surface area contributed by atoms with Crippen molar-refractivity contribution in [2.45, 2.75) is 46.3 Å². The largest absolute Gasteiger partial charge is 0.494 e. The lowest BCUT2D eigenvalue weighted by Crippen LogP contribution is -2.34. The first-order valence-electron chi connectivity index (χ1n) is 11.2. The van der Waals surface area contributed by atoms with Gasteiger partial charge >= 0.3 is 0 Å². The Morgan fingerprint density at radius 1 is 1.19 bits per heavy atom. The maximum absolute atomic E-state index is 12.6. The molecule has 1 aliphatic rings. The Balaban J connectivity index is 1.48. The van der Waals surface area contributed by atoms with Crippen LogP contribution < -0.4 is 10.1 Å². The Morgan fingerprint density at radius 3 is 2.78 bits per heavy atom. The van der Waals surface area contributed by atoms with Crippen LogP contribution in [0.5, 0.6) is 5.75 Å². The van der Waals surface area contributed by atoms with Gasteiger partial charge < -0.3 is 19.0 Å². The lowest BCUT2D eigenvalue weighted by Gasteiger charge is -2.23. The van der Waals surface area contributed by atoms with Crippen molar-refractivity contribution in [1.29, 1.82) is 0 Å². The Kier molecular flexibility index (Phi) is 6.90. The van der Waals surface area contributed by atoms with E-state index in [1.807, 2.05) is 19.1 Å². The highest BCUT2D eigenvalue weighted by atomic mass is 16.5. The van der Waals surface area contributed by atoms with Gasteiger partial charge in [0.1, 0.15) is 17.8 Å². The van der Waals surface area contributed by atoms with Crippen LogP contribution in [0, 0.1) is 5.92 Å². The summed E-state index contributed by atoms with van der Waals surface area (Å²) in [5.74, 6) is 2.71. The summed E-state index contributed by atoms with van der Waals surface area (Å²) < 4.78 is 13.0. The van der Waals surface area contributed by atoms with Gasteiger partial charge in [-0.3, -0.25) is 9.69 Å². The number of nitrogens with one attached hydrogen (secondary N) is 1. The van der Waals surface area contributed by atoms with Gasteiger partial charge in [0.05, 0.1) is 24.5 Å². The van der Waals surface area contributed by atoms with E-state index < -0.39 is 0 Å². The minimum atomic E-state index is -0.233. The highest BCUT2D eigenvalue weighted by molar-refractivity contribution is 5.94. The number of hydrogen-bond acceptors (Lipinski definition) is 6. The van der Waals surface area contributed by atoms with Gasteiger partial charge in [0.25, 0.3) is 5.91 Å². The fourth-order valence-electron chi connectivity index (χ4n) is 4.10. The fraction of sp³-hybridized carbons (Fsp3) is 0.458. The van der Waals surface area contributed by atoms with Crippen LogP contribution in [0.1, 0.15) is 54.4 Å². The van der Waals surface area contributed by atoms with Crippen molar-refractivity contribution in [2.24, 2.45) is 5.92 Å². The second-order valence-corrected chi connectivity index (χ2v) is 8.40. The van der Waals surface area contributed by atoms with Crippen LogP contribution in [0.15, 0.2) is 47.3 Å². The molecule has 3 heterocycles. The molecule has 0 spiro atoms. The average molecular weight is 438 g/mol. The number of carbonyl (C=O) groups excluding carboxylic acids is 1. The maximum Gasteiger partial charge on any atom is 0.255 e. The van der Waals surface area contributed by atoms with Gasteiger partial charge in [0.15, 0.2) is 5.82 Å². The van der Waals surface area contributed by atoms with E-state index in [1.54, 1.807) is 6.07 Å². The Hall–Kier alpha value is -3.13. The van der Waals surface area contributed by atoms with Crippen molar-refractivity contribution in [1.82, 2.24) is 25.0 Å². The zero-order chi connectivity index (χ0) is 22.5. The van der Waals surface area contributed by atoms with E-state index in [9.17, 15) is 4.79 Å². The minimum absolute atomic E-state index is 0.163. The zero-order valence-electron chi connectivity index (χ0n) is 19.0. The van der Waals surface area contributed by atoms with Crippen molar-refractivity contribution < 1.29 is 13.9 Å². The predicted molar refractivity (Wildman–Crippen MR) is 120 cm³/mol. The van der Waals surface area contributed by atoms with Crippen LogP contribution in [-0.2, 0) is 19.5 Å². The van der Waals surface area contributed by atoms with E-state index in [-0.39, 0.29) is 17.9 Å². The van der Waals surface area contributed by atoms with Crippen molar-refractivity contribution in [3.63, 3.8) is 0 Å². The molecular weight excluding hydrogens is 406 g/mol. The summed E-state index contributed by atoms with van der Waals surface area (Å²) in [7, 11) is 0. The molecule has 0 aliphatic carbocycles. The van der Waals surface area contributed by atoms with Crippen LogP contribution in [-0.4, -0.2) is 45.3 Å². The quantitative estimate of drug-likeness (QED) is 0.581. The van der Waals surface area contributed by atoms with E-state index in [2.05, 4.69) is 51.0 Å². The summed E-state index contributed by atoms with van der Waals surface area (Å²) in [5, 5.41) is 12.1. The van der Waals surface area contributed by atoms with E-state index in [0.717, 1.165) is 50.0 Å². The monoisotopic (exact) mass is 437 g/mol. The summed E-state index contributed by atoms with van der Waals surface area (Å²) in [6, 6.07) is 9.65. The second-order valence-electron chi connectivity index (χ2n) is 8.40. The molecule has 170 valence electrons. The normalized spacial score (nSPS) is 15.2. The summed E-state index contributed by atoms with van der Waals surface area (Å²) in [6.45, 7) is 10.2. The number of rotatable bonds is 8. The van der Waals surface area contributed by atoms with Gasteiger partial charge in [-0.05, 0) is 25.0 Å². The van der Waals surface area contributed by atoms with Gasteiger partial charge in [-0.25, -0.2) is 0 Å². The standard InChI is InChI=1S/C24H31N5O3/c1-4-32-20-8-6-5-7-18(20)15-28-11-9-21-26-27-23(29(21)13-12-28)22(17(2)3)25-24(30)19-10-14-31-16-19/h5-8,10,14,16-17,22H,4,9,11-13,15H2,1-3H3,(H,25,30). The number of hydrogen-bond donors (Lipinski definition) is 1. The maximum atomic E-state index is 12.6. The lowest BCUT2D eigenvalue weighted by atomic mass is 10.0. The van der Waals surface area contributed by atoms with Crippen molar-refractivity contribution in [2.75, 3.05) is 19.7 Å². The minimum Gasteiger partial charge on any atom is -0.494 e. The van der Waals surface area contributed by atoms with Crippen molar-refractivity contribution in [3.05, 3.63) is 65.6 Å². The first kappa shape index (κ1) is 22.1. The Labute approximate surface area is 188 Å². The van der Waals surface area contributed by atoms with Crippen LogP contribution in [0.4, 0.5) is 0 Å². The number of carbonyl (C=O) groups is 1. The molecule has 0 saturated heterocycles. The number of fused-ring (bicyclic) bond motifs is 1. The first-order valence-corrected chi connectivity index (χ1v) is 11.2. The van der Waals surface area contributed by atoms with E-state index in [4.69, 9.17) is 9.15 Å². The summed E-state index contributed by atoms with van der Waals surface area (Å²) in [5.41, 5.74) is 1.70. The number of furan rings is 1.